The zero-order valence-corrected chi connectivity index (χ0v) is 13.7. The molecule has 0 aromatic heterocycles. The third kappa shape index (κ3) is 3.93. The number of amides is 1. The van der Waals surface area contributed by atoms with Gasteiger partial charge in [0.25, 0.3) is 0 Å². The van der Waals surface area contributed by atoms with E-state index in [1.165, 1.54) is 6.07 Å². The lowest BCUT2D eigenvalue weighted by atomic mass is 9.74. The maximum absolute atomic E-state index is 13.4. The van der Waals surface area contributed by atoms with Crippen LogP contribution in [0.2, 0.25) is 0 Å². The molecular formula is C14H19BrClFN2O. The number of benzene rings is 1. The Morgan fingerprint density at radius 2 is 2.20 bits per heavy atom. The van der Waals surface area contributed by atoms with Crippen LogP contribution in [0.25, 0.3) is 0 Å². The Morgan fingerprint density at radius 3 is 2.80 bits per heavy atom. The number of hydrogen-bond donors (Lipinski definition) is 2. The van der Waals surface area contributed by atoms with Crippen LogP contribution in [-0.4, -0.2) is 11.4 Å². The van der Waals surface area contributed by atoms with Crippen molar-refractivity contribution in [1.29, 1.82) is 0 Å². The fourth-order valence-corrected chi connectivity index (χ4v) is 2.84. The van der Waals surface area contributed by atoms with E-state index in [9.17, 15) is 9.18 Å². The average Bonchev–Trinajstić information content (AvgIpc) is 2.33. The highest BCUT2D eigenvalue weighted by molar-refractivity contribution is 9.10. The molecule has 0 bridgehead atoms. The Bertz CT molecular complexity index is 496. The van der Waals surface area contributed by atoms with E-state index >= 15 is 0 Å². The van der Waals surface area contributed by atoms with Gasteiger partial charge in [0.05, 0.1) is 10.4 Å². The van der Waals surface area contributed by atoms with Crippen LogP contribution in [-0.2, 0) is 4.79 Å². The second-order valence-electron chi connectivity index (χ2n) is 5.42. The number of nitrogens with one attached hydrogen (secondary N) is 1. The van der Waals surface area contributed by atoms with Gasteiger partial charge in [-0.3, -0.25) is 4.79 Å². The Morgan fingerprint density at radius 1 is 1.50 bits per heavy atom. The quantitative estimate of drug-likeness (QED) is 0.836. The van der Waals surface area contributed by atoms with Crippen molar-refractivity contribution in [3.8, 4) is 0 Å². The smallest absolute Gasteiger partial charge is 0.229 e. The van der Waals surface area contributed by atoms with E-state index in [2.05, 4.69) is 21.2 Å². The molecule has 1 aliphatic rings. The molecular weight excluding hydrogens is 347 g/mol. The molecule has 112 valence electrons. The van der Waals surface area contributed by atoms with Crippen LogP contribution < -0.4 is 11.1 Å². The fourth-order valence-electron chi connectivity index (χ4n) is 2.59. The molecule has 20 heavy (non-hydrogen) atoms. The molecule has 2 rings (SSSR count). The van der Waals surface area contributed by atoms with Crippen LogP contribution in [0.1, 0.15) is 32.6 Å². The van der Waals surface area contributed by atoms with E-state index in [0.717, 1.165) is 25.7 Å². The summed E-state index contributed by atoms with van der Waals surface area (Å²) in [4.78, 5) is 12.3. The molecule has 0 aliphatic heterocycles. The fraction of sp³-hybridized carbons (Fsp3) is 0.500. The summed E-state index contributed by atoms with van der Waals surface area (Å²) in [6, 6.07) is 4.55. The van der Waals surface area contributed by atoms with E-state index in [0.29, 0.717) is 10.2 Å². The molecule has 0 spiro atoms. The minimum Gasteiger partial charge on any atom is -0.326 e. The second kappa shape index (κ2) is 6.87. The molecule has 0 radical (unpaired) electrons. The monoisotopic (exact) mass is 364 g/mol. The lowest BCUT2D eigenvalue weighted by Crippen LogP contribution is -2.51. The summed E-state index contributed by atoms with van der Waals surface area (Å²) in [6.45, 7) is 1.92. The van der Waals surface area contributed by atoms with Crippen LogP contribution in [0.4, 0.5) is 10.1 Å². The van der Waals surface area contributed by atoms with Crippen molar-refractivity contribution < 1.29 is 9.18 Å². The average molecular weight is 366 g/mol. The highest BCUT2D eigenvalue weighted by Crippen LogP contribution is 2.32. The van der Waals surface area contributed by atoms with Gasteiger partial charge in [-0.15, -0.1) is 12.4 Å². The third-order valence-electron chi connectivity index (χ3n) is 3.76. The zero-order chi connectivity index (χ0) is 14.0. The summed E-state index contributed by atoms with van der Waals surface area (Å²) >= 11 is 3.08. The molecule has 3 N–H and O–H groups in total. The Balaban J connectivity index is 0.00000200. The number of nitrogens with two attached hydrogens (primary N) is 1. The van der Waals surface area contributed by atoms with Crippen molar-refractivity contribution in [3.05, 3.63) is 28.5 Å². The molecule has 1 amide bonds. The van der Waals surface area contributed by atoms with Gasteiger partial charge in [0.2, 0.25) is 5.91 Å². The zero-order valence-electron chi connectivity index (χ0n) is 11.3. The maximum Gasteiger partial charge on any atom is 0.229 e. The molecule has 2 unspecified atom stereocenters. The number of halogens is 3. The van der Waals surface area contributed by atoms with Crippen molar-refractivity contribution in [3.63, 3.8) is 0 Å². The predicted octanol–water partition coefficient (Wildman–Crippen LogP) is 3.86. The molecule has 1 aliphatic carbocycles. The van der Waals surface area contributed by atoms with Crippen molar-refractivity contribution in [2.45, 2.75) is 38.1 Å². The molecule has 1 aromatic rings. The minimum absolute atomic E-state index is 0. The maximum atomic E-state index is 13.4. The molecule has 1 saturated carbocycles. The molecule has 2 atom stereocenters. The van der Waals surface area contributed by atoms with E-state index in [1.807, 2.05) is 6.92 Å². The Hall–Kier alpha value is -0.650. The van der Waals surface area contributed by atoms with Gasteiger partial charge in [0.15, 0.2) is 0 Å². The van der Waals surface area contributed by atoms with Gasteiger partial charge in [-0.1, -0.05) is 12.8 Å². The molecule has 1 fully saturated rings. The predicted molar refractivity (Wildman–Crippen MR) is 84.5 cm³/mol. The number of carbonyl (C=O) groups is 1. The summed E-state index contributed by atoms with van der Waals surface area (Å²) < 4.78 is 13.8. The standard InChI is InChI=1S/C14H18BrFN2O.ClH/c1-14(17)7-3-2-4-10(14)13(19)18-9-5-6-11(15)12(16)8-9;/h5-6,8,10H,2-4,7,17H2,1H3,(H,18,19);1H. The van der Waals surface area contributed by atoms with Crippen molar-refractivity contribution in [1.82, 2.24) is 0 Å². The summed E-state index contributed by atoms with van der Waals surface area (Å²) in [7, 11) is 0. The number of carbonyl (C=O) groups excluding carboxylic acids is 1. The van der Waals surface area contributed by atoms with Crippen molar-refractivity contribution >= 4 is 39.9 Å². The van der Waals surface area contributed by atoms with E-state index in [1.54, 1.807) is 12.1 Å². The number of anilines is 1. The molecule has 3 nitrogen and oxygen atoms in total. The summed E-state index contributed by atoms with van der Waals surface area (Å²) in [5.41, 5.74) is 6.18. The third-order valence-corrected chi connectivity index (χ3v) is 4.40. The summed E-state index contributed by atoms with van der Waals surface area (Å²) in [5.74, 6) is -0.726. The van der Waals surface area contributed by atoms with Crippen molar-refractivity contribution in [2.75, 3.05) is 5.32 Å². The van der Waals surface area contributed by atoms with E-state index < -0.39 is 11.4 Å². The first kappa shape index (κ1) is 17.4. The van der Waals surface area contributed by atoms with E-state index in [-0.39, 0.29) is 24.2 Å². The van der Waals surface area contributed by atoms with Crippen LogP contribution in [0, 0.1) is 11.7 Å². The first-order valence-electron chi connectivity index (χ1n) is 6.45. The van der Waals surface area contributed by atoms with Crippen LogP contribution in [0.3, 0.4) is 0 Å². The van der Waals surface area contributed by atoms with Gasteiger partial charge in [-0.25, -0.2) is 4.39 Å². The minimum atomic E-state index is -0.476. The van der Waals surface area contributed by atoms with Gasteiger partial charge >= 0.3 is 0 Å². The SMILES string of the molecule is CC1(N)CCCCC1C(=O)Nc1ccc(Br)c(F)c1.Cl. The van der Waals surface area contributed by atoms with Crippen LogP contribution in [0.15, 0.2) is 22.7 Å². The molecule has 1 aromatic carbocycles. The Labute approximate surface area is 133 Å². The Kier molecular flexibility index (Phi) is 5.98. The lowest BCUT2D eigenvalue weighted by Gasteiger charge is -2.37. The van der Waals surface area contributed by atoms with Gasteiger partial charge in [-0.2, -0.15) is 0 Å². The van der Waals surface area contributed by atoms with Gasteiger partial charge in [-0.05, 0) is 53.9 Å². The van der Waals surface area contributed by atoms with Gasteiger partial charge in [0, 0.05) is 11.2 Å². The molecule has 0 heterocycles. The van der Waals surface area contributed by atoms with Crippen LogP contribution >= 0.6 is 28.3 Å². The number of hydrogen-bond acceptors (Lipinski definition) is 2. The topological polar surface area (TPSA) is 55.1 Å². The van der Waals surface area contributed by atoms with Gasteiger partial charge < -0.3 is 11.1 Å². The molecule has 6 heteroatoms. The normalized spacial score (nSPS) is 25.7. The van der Waals surface area contributed by atoms with Gasteiger partial charge in [0.1, 0.15) is 5.82 Å². The highest BCUT2D eigenvalue weighted by atomic mass is 79.9. The van der Waals surface area contributed by atoms with Crippen LogP contribution in [0.5, 0.6) is 0 Å². The van der Waals surface area contributed by atoms with Crippen molar-refractivity contribution in [2.24, 2.45) is 11.7 Å². The number of rotatable bonds is 2. The highest BCUT2D eigenvalue weighted by Gasteiger charge is 2.37. The van der Waals surface area contributed by atoms with E-state index in [4.69, 9.17) is 5.73 Å². The summed E-state index contributed by atoms with van der Waals surface area (Å²) in [6.07, 6.45) is 3.71. The summed E-state index contributed by atoms with van der Waals surface area (Å²) in [5, 5.41) is 2.76. The lowest BCUT2D eigenvalue weighted by molar-refractivity contribution is -0.122. The second-order valence-corrected chi connectivity index (χ2v) is 6.28. The first-order valence-corrected chi connectivity index (χ1v) is 7.24. The first-order chi connectivity index (χ1) is 8.90. The molecule has 0 saturated heterocycles. The largest absolute Gasteiger partial charge is 0.326 e.